The van der Waals surface area contributed by atoms with Crippen molar-refractivity contribution in [3.8, 4) is 0 Å². The van der Waals surface area contributed by atoms with Gasteiger partial charge in [-0.25, -0.2) is 0 Å². The zero-order valence-corrected chi connectivity index (χ0v) is 19.5. The average Bonchev–Trinajstić information content (AvgIpc) is 3.09. The van der Waals surface area contributed by atoms with Gasteiger partial charge in [-0.1, -0.05) is 42.5 Å². The van der Waals surface area contributed by atoms with E-state index < -0.39 is 0 Å². The summed E-state index contributed by atoms with van der Waals surface area (Å²) >= 11 is 0. The lowest BCUT2D eigenvalue weighted by molar-refractivity contribution is -0.140. The molecule has 1 saturated heterocycles. The summed E-state index contributed by atoms with van der Waals surface area (Å²) in [7, 11) is 1.75. The van der Waals surface area contributed by atoms with Crippen molar-refractivity contribution in [2.24, 2.45) is 34.6 Å². The number of likely N-dealkylation sites (tertiary alicyclic amines) is 1. The van der Waals surface area contributed by atoms with E-state index in [0.717, 1.165) is 18.9 Å². The maximum Gasteiger partial charge on any atom is 0.233 e. The van der Waals surface area contributed by atoms with E-state index in [2.05, 4.69) is 58.1 Å². The Kier molecular flexibility index (Phi) is 6.18. The molecule has 6 unspecified atom stereocenters. The van der Waals surface area contributed by atoms with E-state index in [4.69, 9.17) is 0 Å². The third-order valence-electron chi connectivity index (χ3n) is 7.10. The van der Waals surface area contributed by atoms with Gasteiger partial charge in [0.1, 0.15) is 0 Å². The first-order chi connectivity index (χ1) is 14.2. The minimum atomic E-state index is -0.111. The second-order valence-corrected chi connectivity index (χ2v) is 8.72. The number of carbonyl (C=O) groups is 2. The van der Waals surface area contributed by atoms with E-state index in [1.807, 2.05) is 0 Å². The van der Waals surface area contributed by atoms with Gasteiger partial charge in [-0.15, -0.1) is 24.0 Å². The van der Waals surface area contributed by atoms with Crippen molar-refractivity contribution in [3.05, 3.63) is 48.0 Å². The van der Waals surface area contributed by atoms with Gasteiger partial charge >= 0.3 is 0 Å². The van der Waals surface area contributed by atoms with E-state index in [1.165, 1.54) is 16.9 Å². The van der Waals surface area contributed by atoms with Gasteiger partial charge in [-0.2, -0.15) is 0 Å². The van der Waals surface area contributed by atoms with Crippen molar-refractivity contribution < 1.29 is 9.59 Å². The van der Waals surface area contributed by atoms with Gasteiger partial charge in [0.05, 0.1) is 11.8 Å². The van der Waals surface area contributed by atoms with Crippen molar-refractivity contribution in [3.63, 3.8) is 0 Å². The molecule has 1 aliphatic heterocycles. The number of allylic oxidation sites excluding steroid dienone is 2. The Labute approximate surface area is 194 Å². The molecule has 0 spiro atoms. The van der Waals surface area contributed by atoms with Crippen LogP contribution >= 0.6 is 24.0 Å². The Hall–Kier alpha value is -1.90. The van der Waals surface area contributed by atoms with Crippen LogP contribution in [0.15, 0.2) is 47.5 Å². The Balaban J connectivity index is 0.00000218. The van der Waals surface area contributed by atoms with Crippen molar-refractivity contribution in [2.45, 2.75) is 18.8 Å². The fraction of sp³-hybridized carbons (Fsp3) is 0.522. The lowest BCUT2D eigenvalue weighted by Gasteiger charge is -2.18. The van der Waals surface area contributed by atoms with Crippen LogP contribution in [0.1, 0.15) is 24.3 Å². The van der Waals surface area contributed by atoms with Crippen LogP contribution in [0.2, 0.25) is 0 Å². The summed E-state index contributed by atoms with van der Waals surface area (Å²) in [5, 5.41) is 6.64. The number of amides is 2. The number of guanidine groups is 1. The van der Waals surface area contributed by atoms with Crippen LogP contribution < -0.4 is 10.6 Å². The summed E-state index contributed by atoms with van der Waals surface area (Å²) in [6.07, 6.45) is 6.43. The normalized spacial score (nSPS) is 33.5. The van der Waals surface area contributed by atoms with E-state index in [1.54, 1.807) is 7.05 Å². The number of nitrogens with one attached hydrogen (secondary N) is 2. The van der Waals surface area contributed by atoms with Crippen LogP contribution in [-0.4, -0.2) is 49.4 Å². The fourth-order valence-electron chi connectivity index (χ4n) is 5.50. The molecule has 2 saturated carbocycles. The molecule has 3 aliphatic carbocycles. The van der Waals surface area contributed by atoms with Crippen LogP contribution in [0, 0.1) is 29.6 Å². The third-order valence-corrected chi connectivity index (χ3v) is 7.10. The van der Waals surface area contributed by atoms with E-state index in [9.17, 15) is 9.59 Å². The molecular weight excluding hydrogens is 491 g/mol. The zero-order valence-electron chi connectivity index (χ0n) is 17.2. The summed E-state index contributed by atoms with van der Waals surface area (Å²) in [6.45, 7) is 1.80. The van der Waals surface area contributed by atoms with Gasteiger partial charge in [-0.05, 0) is 42.1 Å². The largest absolute Gasteiger partial charge is 0.356 e. The molecule has 1 aromatic carbocycles. The van der Waals surface area contributed by atoms with Gasteiger partial charge in [0.2, 0.25) is 11.8 Å². The van der Waals surface area contributed by atoms with E-state index in [0.29, 0.717) is 24.9 Å². The van der Waals surface area contributed by atoms with Crippen LogP contribution in [0.4, 0.5) is 0 Å². The molecular formula is C23H29IN4O2. The summed E-state index contributed by atoms with van der Waals surface area (Å²) in [5.41, 5.74) is 1.40. The van der Waals surface area contributed by atoms with Crippen molar-refractivity contribution in [1.82, 2.24) is 15.5 Å². The number of nitrogens with zero attached hydrogens (tertiary/aromatic N) is 2. The average molecular weight is 520 g/mol. The molecule has 160 valence electrons. The second kappa shape index (κ2) is 8.69. The topological polar surface area (TPSA) is 73.8 Å². The number of rotatable bonds is 6. The standard InChI is InChI=1S/C23H28N4O2.HI/c1-24-23(26-13-17-12-18(17)14-5-3-2-4-6-14)25-9-10-27-21(28)19-15-7-8-16(11-15)20(19)22(27)29;/h2-8,15-20H,9-13H2,1H3,(H2,24,25,26);1H. The first kappa shape index (κ1) is 21.3. The molecule has 6 nitrogen and oxygen atoms in total. The van der Waals surface area contributed by atoms with Crippen LogP contribution in [0.3, 0.4) is 0 Å². The summed E-state index contributed by atoms with van der Waals surface area (Å²) in [5.74, 6) is 2.33. The first-order valence-corrected chi connectivity index (χ1v) is 10.7. The van der Waals surface area contributed by atoms with Gasteiger partial charge in [0, 0.05) is 26.7 Å². The quantitative estimate of drug-likeness (QED) is 0.199. The molecule has 3 fully saturated rings. The summed E-state index contributed by atoms with van der Waals surface area (Å²) in [4.78, 5) is 31.2. The molecule has 2 bridgehead atoms. The third kappa shape index (κ3) is 3.76. The Morgan fingerprint density at radius 2 is 1.70 bits per heavy atom. The predicted molar refractivity (Wildman–Crippen MR) is 127 cm³/mol. The van der Waals surface area contributed by atoms with E-state index >= 15 is 0 Å². The number of aliphatic imine (C=N–C) groups is 1. The highest BCUT2D eigenvalue weighted by atomic mass is 127. The van der Waals surface area contributed by atoms with E-state index in [-0.39, 0.29) is 59.5 Å². The summed E-state index contributed by atoms with van der Waals surface area (Å²) < 4.78 is 0. The molecule has 1 heterocycles. The molecule has 2 amide bonds. The number of halogens is 1. The minimum Gasteiger partial charge on any atom is -0.356 e. The molecule has 2 N–H and O–H groups in total. The van der Waals surface area contributed by atoms with Crippen LogP contribution in [0.25, 0.3) is 0 Å². The second-order valence-electron chi connectivity index (χ2n) is 8.72. The van der Waals surface area contributed by atoms with Gasteiger partial charge < -0.3 is 10.6 Å². The minimum absolute atomic E-state index is 0. The lowest BCUT2D eigenvalue weighted by Crippen LogP contribution is -2.44. The molecule has 1 aromatic rings. The van der Waals surface area contributed by atoms with Crippen molar-refractivity contribution in [2.75, 3.05) is 26.7 Å². The number of hydrogen-bond donors (Lipinski definition) is 2. The van der Waals surface area contributed by atoms with Crippen molar-refractivity contribution >= 4 is 41.8 Å². The molecule has 30 heavy (non-hydrogen) atoms. The molecule has 0 aromatic heterocycles. The SMILES string of the molecule is CN=C(NCCN1C(=O)C2C3C=CC(C3)C2C1=O)NCC1CC1c1ccccc1.I. The smallest absolute Gasteiger partial charge is 0.233 e. The van der Waals surface area contributed by atoms with Gasteiger partial charge in [-0.3, -0.25) is 19.5 Å². The Bertz CT molecular complexity index is 841. The maximum atomic E-state index is 12.7. The predicted octanol–water partition coefficient (Wildman–Crippen LogP) is 2.38. The number of carbonyl (C=O) groups excluding carboxylic acids is 2. The highest BCUT2D eigenvalue weighted by molar-refractivity contribution is 14.0. The Morgan fingerprint density at radius 1 is 1.03 bits per heavy atom. The van der Waals surface area contributed by atoms with Crippen molar-refractivity contribution in [1.29, 1.82) is 0 Å². The first-order valence-electron chi connectivity index (χ1n) is 10.7. The van der Waals surface area contributed by atoms with Gasteiger partial charge in [0.15, 0.2) is 5.96 Å². The van der Waals surface area contributed by atoms with Gasteiger partial charge in [0.25, 0.3) is 0 Å². The molecule has 5 rings (SSSR count). The number of imide groups is 1. The number of hydrogen-bond acceptors (Lipinski definition) is 3. The zero-order chi connectivity index (χ0) is 20.0. The highest BCUT2D eigenvalue weighted by Crippen LogP contribution is 2.52. The van der Waals surface area contributed by atoms with Crippen LogP contribution in [-0.2, 0) is 9.59 Å². The molecule has 4 aliphatic rings. The summed E-state index contributed by atoms with van der Waals surface area (Å²) in [6, 6.07) is 10.6. The number of benzene rings is 1. The maximum absolute atomic E-state index is 12.7. The molecule has 7 heteroatoms. The number of fused-ring (bicyclic) bond motifs is 5. The van der Waals surface area contributed by atoms with Crippen LogP contribution in [0.5, 0.6) is 0 Å². The molecule has 6 atom stereocenters. The lowest BCUT2D eigenvalue weighted by atomic mass is 9.85. The Morgan fingerprint density at radius 3 is 2.33 bits per heavy atom. The highest BCUT2D eigenvalue weighted by Gasteiger charge is 2.58. The fourth-order valence-corrected chi connectivity index (χ4v) is 5.50. The molecule has 0 radical (unpaired) electrons. The monoisotopic (exact) mass is 520 g/mol.